The van der Waals surface area contributed by atoms with Gasteiger partial charge in [-0.2, -0.15) is 0 Å². The van der Waals surface area contributed by atoms with Crippen molar-refractivity contribution >= 4 is 27.8 Å². The second kappa shape index (κ2) is 8.28. The van der Waals surface area contributed by atoms with Gasteiger partial charge in [-0.15, -0.1) is 0 Å². The minimum atomic E-state index is -0.114. The molecule has 0 aliphatic heterocycles. The molecule has 7 nitrogen and oxygen atoms in total. The maximum atomic E-state index is 13.2. The van der Waals surface area contributed by atoms with E-state index in [-0.39, 0.29) is 11.9 Å². The first kappa shape index (κ1) is 20.1. The Morgan fingerprint density at radius 1 is 1.10 bits per heavy atom. The summed E-state index contributed by atoms with van der Waals surface area (Å²) in [6, 6.07) is 12.3. The van der Waals surface area contributed by atoms with Gasteiger partial charge in [0, 0.05) is 30.4 Å². The van der Waals surface area contributed by atoms with Crippen molar-refractivity contribution in [1.82, 2.24) is 29.3 Å². The lowest BCUT2D eigenvalue weighted by Gasteiger charge is -2.12. The summed E-state index contributed by atoms with van der Waals surface area (Å²) in [4.78, 5) is 24.2. The van der Waals surface area contributed by atoms with E-state index in [9.17, 15) is 4.79 Å². The van der Waals surface area contributed by atoms with Gasteiger partial charge in [-0.25, -0.2) is 9.97 Å². The van der Waals surface area contributed by atoms with Crippen LogP contribution in [0.3, 0.4) is 0 Å². The zero-order valence-corrected chi connectivity index (χ0v) is 18.0. The van der Waals surface area contributed by atoms with E-state index in [4.69, 9.17) is 0 Å². The lowest BCUT2D eigenvalue weighted by molar-refractivity contribution is 0.0945. The topological polar surface area (TPSA) is 68.0 Å². The molecule has 156 valence electrons. The van der Waals surface area contributed by atoms with Crippen LogP contribution in [0.4, 0.5) is 0 Å². The Morgan fingerprint density at radius 2 is 1.83 bits per heavy atom. The third-order valence-corrected chi connectivity index (χ3v) is 5.23. The van der Waals surface area contributed by atoms with Crippen molar-refractivity contribution in [1.29, 1.82) is 0 Å². The van der Waals surface area contributed by atoms with Crippen LogP contribution in [0, 0.1) is 0 Å². The predicted molar refractivity (Wildman–Crippen MR) is 120 cm³/mol. The molecular formula is C23H28N6O. The second-order valence-corrected chi connectivity index (χ2v) is 8.04. The number of rotatable bonds is 7. The van der Waals surface area contributed by atoms with Gasteiger partial charge in [0.25, 0.3) is 5.91 Å². The van der Waals surface area contributed by atoms with E-state index in [0.29, 0.717) is 18.2 Å². The summed E-state index contributed by atoms with van der Waals surface area (Å²) < 4.78 is 4.16. The molecule has 1 N–H and O–H groups in total. The maximum absolute atomic E-state index is 13.2. The van der Waals surface area contributed by atoms with Crippen molar-refractivity contribution in [3.8, 4) is 5.95 Å². The van der Waals surface area contributed by atoms with Crippen LogP contribution in [-0.4, -0.2) is 57.1 Å². The van der Waals surface area contributed by atoms with Crippen LogP contribution in [0.25, 0.3) is 27.9 Å². The highest BCUT2D eigenvalue weighted by Gasteiger charge is 2.24. The van der Waals surface area contributed by atoms with E-state index in [1.54, 1.807) is 18.5 Å². The van der Waals surface area contributed by atoms with Crippen molar-refractivity contribution in [2.24, 2.45) is 0 Å². The maximum Gasteiger partial charge on any atom is 0.268 e. The molecule has 7 heteroatoms. The molecule has 0 fully saturated rings. The first-order valence-electron chi connectivity index (χ1n) is 10.3. The number of nitrogens with zero attached hydrogens (tertiary/aromatic N) is 5. The molecule has 4 aromatic rings. The Balaban J connectivity index is 1.88. The zero-order valence-electron chi connectivity index (χ0n) is 18.0. The Bertz CT molecular complexity index is 1170. The van der Waals surface area contributed by atoms with Crippen molar-refractivity contribution in [3.05, 3.63) is 54.5 Å². The van der Waals surface area contributed by atoms with Crippen LogP contribution in [-0.2, 0) is 0 Å². The fourth-order valence-electron chi connectivity index (χ4n) is 3.98. The van der Waals surface area contributed by atoms with Gasteiger partial charge in [-0.05, 0) is 59.1 Å². The minimum absolute atomic E-state index is 0.114. The fraction of sp³-hybridized carbons (Fsp3) is 0.348. The van der Waals surface area contributed by atoms with Crippen LogP contribution in [0.15, 0.2) is 48.8 Å². The van der Waals surface area contributed by atoms with E-state index in [1.165, 1.54) is 0 Å². The van der Waals surface area contributed by atoms with Crippen LogP contribution in [0.2, 0.25) is 0 Å². The van der Waals surface area contributed by atoms with Gasteiger partial charge >= 0.3 is 0 Å². The summed E-state index contributed by atoms with van der Waals surface area (Å²) >= 11 is 0. The summed E-state index contributed by atoms with van der Waals surface area (Å²) in [5.74, 6) is 0.384. The van der Waals surface area contributed by atoms with Crippen molar-refractivity contribution in [2.45, 2.75) is 26.3 Å². The number of carbonyl (C=O) groups is 1. The van der Waals surface area contributed by atoms with Crippen LogP contribution in [0.1, 0.15) is 36.8 Å². The van der Waals surface area contributed by atoms with Crippen LogP contribution < -0.4 is 5.32 Å². The molecular weight excluding hydrogens is 376 g/mol. The quantitative estimate of drug-likeness (QED) is 0.478. The van der Waals surface area contributed by atoms with E-state index < -0.39 is 0 Å². The molecule has 4 rings (SSSR count). The van der Waals surface area contributed by atoms with Crippen LogP contribution in [0.5, 0.6) is 0 Å². The highest BCUT2D eigenvalue weighted by molar-refractivity contribution is 6.11. The third kappa shape index (κ3) is 3.57. The summed E-state index contributed by atoms with van der Waals surface area (Å²) in [5.41, 5.74) is 3.66. The molecule has 3 aromatic heterocycles. The standard InChI is InChI=1S/C23H28N6O/c1-16(2)28-18-10-6-5-9-17(18)21-19(28)15-20(22(30)24-13-8-14-27(3)4)29(21)23-25-11-7-12-26-23/h5-7,9-12,15-16H,8,13-14H2,1-4H3,(H,24,30). The van der Waals surface area contributed by atoms with Crippen LogP contribution >= 0.6 is 0 Å². The van der Waals surface area contributed by atoms with Gasteiger partial charge < -0.3 is 14.8 Å². The summed E-state index contributed by atoms with van der Waals surface area (Å²) in [5, 5.41) is 4.14. The lowest BCUT2D eigenvalue weighted by Crippen LogP contribution is -2.28. The molecule has 1 amide bonds. The van der Waals surface area contributed by atoms with Crippen molar-refractivity contribution in [2.75, 3.05) is 27.2 Å². The SMILES string of the molecule is CC(C)n1c2ccccc2c2c1cc(C(=O)NCCCN(C)C)n2-c1ncccn1. The first-order chi connectivity index (χ1) is 14.5. The lowest BCUT2D eigenvalue weighted by atomic mass is 10.2. The van der Waals surface area contributed by atoms with Crippen molar-refractivity contribution < 1.29 is 4.79 Å². The summed E-state index contributed by atoms with van der Waals surface area (Å²) in [6.07, 6.45) is 4.30. The average molecular weight is 405 g/mol. The first-order valence-corrected chi connectivity index (χ1v) is 10.3. The number of fused-ring (bicyclic) bond motifs is 3. The number of nitrogens with one attached hydrogen (secondary N) is 1. The third-order valence-electron chi connectivity index (χ3n) is 5.23. The number of amides is 1. The number of aromatic nitrogens is 4. The monoisotopic (exact) mass is 404 g/mol. The highest BCUT2D eigenvalue weighted by Crippen LogP contribution is 2.35. The molecule has 1 aromatic carbocycles. The minimum Gasteiger partial charge on any atom is -0.351 e. The Hall–Kier alpha value is -3.19. The number of para-hydroxylation sites is 1. The molecule has 0 unspecified atom stereocenters. The van der Waals surface area contributed by atoms with Gasteiger partial charge in [0.05, 0.1) is 16.6 Å². The van der Waals surface area contributed by atoms with Gasteiger partial charge in [-0.3, -0.25) is 9.36 Å². The van der Waals surface area contributed by atoms with Crippen molar-refractivity contribution in [3.63, 3.8) is 0 Å². The molecule has 0 saturated heterocycles. The van der Waals surface area contributed by atoms with E-state index in [1.807, 2.05) is 36.9 Å². The summed E-state index contributed by atoms with van der Waals surface area (Å²) in [7, 11) is 4.06. The largest absolute Gasteiger partial charge is 0.351 e. The van der Waals surface area contributed by atoms with Gasteiger partial charge in [0.2, 0.25) is 5.95 Å². The Labute approximate surface area is 176 Å². The fourth-order valence-corrected chi connectivity index (χ4v) is 3.98. The molecule has 0 aliphatic rings. The molecule has 0 atom stereocenters. The molecule has 0 aliphatic carbocycles. The van der Waals surface area contributed by atoms with E-state index >= 15 is 0 Å². The number of hydrogen-bond acceptors (Lipinski definition) is 4. The highest BCUT2D eigenvalue weighted by atomic mass is 16.1. The second-order valence-electron chi connectivity index (χ2n) is 8.04. The molecule has 0 radical (unpaired) electrons. The molecule has 30 heavy (non-hydrogen) atoms. The summed E-state index contributed by atoms with van der Waals surface area (Å²) in [6.45, 7) is 5.85. The van der Waals surface area contributed by atoms with E-state index in [0.717, 1.165) is 34.9 Å². The molecule has 3 heterocycles. The van der Waals surface area contributed by atoms with Gasteiger partial charge in [0.15, 0.2) is 0 Å². The molecule has 0 bridgehead atoms. The Kier molecular flexibility index (Phi) is 5.55. The van der Waals surface area contributed by atoms with Gasteiger partial charge in [0.1, 0.15) is 5.69 Å². The molecule has 0 saturated carbocycles. The van der Waals surface area contributed by atoms with E-state index in [2.05, 4.69) is 50.7 Å². The smallest absolute Gasteiger partial charge is 0.268 e. The number of carbonyl (C=O) groups excluding carboxylic acids is 1. The Morgan fingerprint density at radius 3 is 2.53 bits per heavy atom. The van der Waals surface area contributed by atoms with Gasteiger partial charge in [-0.1, -0.05) is 18.2 Å². The predicted octanol–water partition coefficient (Wildman–Crippen LogP) is 3.64. The molecule has 0 spiro atoms. The average Bonchev–Trinajstić information content (AvgIpc) is 3.26. The normalized spacial score (nSPS) is 11.8. The number of benzene rings is 1. The number of hydrogen-bond donors (Lipinski definition) is 1. The zero-order chi connectivity index (χ0) is 21.3.